The van der Waals surface area contributed by atoms with Crippen LogP contribution >= 0.6 is 0 Å². The van der Waals surface area contributed by atoms with Gasteiger partial charge in [0.25, 0.3) is 10.0 Å². The standard InChI is InChI=1S/C8H15N3O3S/c1-8(2,5-12)4-11-15(13,14)7-3-9-6-10-7/h3,6,11-12H,4-5H2,1-2H3,(H,9,10). The van der Waals surface area contributed by atoms with Crippen molar-refractivity contribution in [2.45, 2.75) is 18.9 Å². The Balaban J connectivity index is 2.67. The van der Waals surface area contributed by atoms with Gasteiger partial charge in [-0.3, -0.25) is 0 Å². The SMILES string of the molecule is CC(C)(CO)CNS(=O)(=O)c1cnc[nH]1. The van der Waals surface area contributed by atoms with Gasteiger partial charge in [0.1, 0.15) is 0 Å². The van der Waals surface area contributed by atoms with Gasteiger partial charge in [-0.05, 0) is 0 Å². The quantitative estimate of drug-likeness (QED) is 0.651. The lowest BCUT2D eigenvalue weighted by molar-refractivity contribution is 0.163. The van der Waals surface area contributed by atoms with Gasteiger partial charge < -0.3 is 10.1 Å². The van der Waals surface area contributed by atoms with Gasteiger partial charge in [0.2, 0.25) is 0 Å². The van der Waals surface area contributed by atoms with Gasteiger partial charge in [-0.15, -0.1) is 0 Å². The third kappa shape index (κ3) is 3.29. The maximum absolute atomic E-state index is 11.6. The first-order valence-corrected chi connectivity index (χ1v) is 5.95. The smallest absolute Gasteiger partial charge is 0.257 e. The Morgan fingerprint density at radius 3 is 2.73 bits per heavy atom. The van der Waals surface area contributed by atoms with Gasteiger partial charge in [-0.25, -0.2) is 18.1 Å². The zero-order valence-electron chi connectivity index (χ0n) is 8.69. The molecule has 0 aromatic carbocycles. The first-order chi connectivity index (χ1) is 6.87. The van der Waals surface area contributed by atoms with E-state index in [-0.39, 0.29) is 18.2 Å². The van der Waals surface area contributed by atoms with Gasteiger partial charge in [-0.2, -0.15) is 0 Å². The van der Waals surface area contributed by atoms with Crippen molar-refractivity contribution in [2.75, 3.05) is 13.2 Å². The summed E-state index contributed by atoms with van der Waals surface area (Å²) in [5.74, 6) is 0. The molecule has 15 heavy (non-hydrogen) atoms. The van der Waals surface area contributed by atoms with Crippen molar-refractivity contribution in [3.05, 3.63) is 12.5 Å². The molecule has 0 saturated heterocycles. The van der Waals surface area contributed by atoms with Gasteiger partial charge in [-0.1, -0.05) is 13.8 Å². The second-order valence-electron chi connectivity index (χ2n) is 4.06. The summed E-state index contributed by atoms with van der Waals surface area (Å²) in [5.41, 5.74) is -0.479. The highest BCUT2D eigenvalue weighted by Gasteiger charge is 2.22. The average Bonchev–Trinajstić information content (AvgIpc) is 2.69. The molecule has 1 heterocycles. The number of hydrogen-bond donors (Lipinski definition) is 3. The first kappa shape index (κ1) is 12.2. The van der Waals surface area contributed by atoms with Crippen molar-refractivity contribution < 1.29 is 13.5 Å². The van der Waals surface area contributed by atoms with Crippen LogP contribution in [0.15, 0.2) is 17.6 Å². The van der Waals surface area contributed by atoms with Crippen LogP contribution in [-0.4, -0.2) is 36.6 Å². The van der Waals surface area contributed by atoms with E-state index in [0.29, 0.717) is 0 Å². The molecule has 0 spiro atoms. The monoisotopic (exact) mass is 233 g/mol. The van der Waals surface area contributed by atoms with Crippen molar-refractivity contribution in [1.29, 1.82) is 0 Å². The molecule has 1 rings (SSSR count). The fourth-order valence-corrected chi connectivity index (χ4v) is 1.96. The van der Waals surface area contributed by atoms with Crippen LogP contribution in [0, 0.1) is 5.41 Å². The van der Waals surface area contributed by atoms with E-state index < -0.39 is 15.4 Å². The van der Waals surface area contributed by atoms with Crippen LogP contribution in [0.3, 0.4) is 0 Å². The third-order valence-corrected chi connectivity index (χ3v) is 3.26. The summed E-state index contributed by atoms with van der Waals surface area (Å²) < 4.78 is 25.6. The number of hydrogen-bond acceptors (Lipinski definition) is 4. The molecule has 0 aliphatic carbocycles. The highest BCUT2D eigenvalue weighted by atomic mass is 32.2. The zero-order chi connectivity index (χ0) is 11.5. The molecule has 0 atom stereocenters. The number of nitrogens with zero attached hydrogens (tertiary/aromatic N) is 1. The van der Waals surface area contributed by atoms with Crippen molar-refractivity contribution >= 4 is 10.0 Å². The molecule has 7 heteroatoms. The van der Waals surface area contributed by atoms with Crippen molar-refractivity contribution in [2.24, 2.45) is 5.41 Å². The Hall–Kier alpha value is -0.920. The molecular weight excluding hydrogens is 218 g/mol. The minimum absolute atomic E-state index is 0.0243. The Labute approximate surface area is 88.8 Å². The largest absolute Gasteiger partial charge is 0.396 e. The van der Waals surface area contributed by atoms with E-state index in [0.717, 1.165) is 0 Å². The number of nitrogens with one attached hydrogen (secondary N) is 2. The number of sulfonamides is 1. The third-order valence-electron chi connectivity index (χ3n) is 1.93. The van der Waals surface area contributed by atoms with E-state index in [4.69, 9.17) is 5.11 Å². The van der Waals surface area contributed by atoms with Crippen LogP contribution in [-0.2, 0) is 10.0 Å². The minimum atomic E-state index is -3.54. The maximum Gasteiger partial charge on any atom is 0.257 e. The molecule has 0 fully saturated rings. The molecule has 1 aromatic rings. The molecule has 0 bridgehead atoms. The van der Waals surface area contributed by atoms with E-state index in [9.17, 15) is 8.42 Å². The number of aromatic amines is 1. The van der Waals surface area contributed by atoms with E-state index in [2.05, 4.69) is 14.7 Å². The number of rotatable bonds is 5. The Kier molecular flexibility index (Phi) is 3.48. The van der Waals surface area contributed by atoms with Crippen LogP contribution in [0.1, 0.15) is 13.8 Å². The number of aliphatic hydroxyl groups is 1. The molecule has 6 nitrogen and oxygen atoms in total. The Bertz CT molecular complexity index is 397. The highest BCUT2D eigenvalue weighted by molar-refractivity contribution is 7.89. The van der Waals surface area contributed by atoms with Gasteiger partial charge in [0, 0.05) is 18.6 Å². The van der Waals surface area contributed by atoms with Crippen LogP contribution < -0.4 is 4.72 Å². The summed E-state index contributed by atoms with van der Waals surface area (Å²) in [6.45, 7) is 3.62. The lowest BCUT2D eigenvalue weighted by atomic mass is 9.96. The van der Waals surface area contributed by atoms with Crippen molar-refractivity contribution in [3.63, 3.8) is 0 Å². The molecular formula is C8H15N3O3S. The summed E-state index contributed by atoms with van der Waals surface area (Å²) >= 11 is 0. The van der Waals surface area contributed by atoms with Gasteiger partial charge in [0.05, 0.1) is 12.5 Å². The molecule has 0 aliphatic heterocycles. The van der Waals surface area contributed by atoms with E-state index in [1.165, 1.54) is 12.5 Å². The molecule has 0 saturated carbocycles. The normalized spacial score (nSPS) is 13.0. The number of imidazole rings is 1. The molecule has 0 aliphatic rings. The minimum Gasteiger partial charge on any atom is -0.396 e. The van der Waals surface area contributed by atoms with Crippen LogP contribution in [0.5, 0.6) is 0 Å². The lowest BCUT2D eigenvalue weighted by Crippen LogP contribution is -2.36. The first-order valence-electron chi connectivity index (χ1n) is 4.46. The predicted molar refractivity (Wildman–Crippen MR) is 54.6 cm³/mol. The van der Waals surface area contributed by atoms with Crippen molar-refractivity contribution in [1.82, 2.24) is 14.7 Å². The Morgan fingerprint density at radius 2 is 2.27 bits per heavy atom. The maximum atomic E-state index is 11.6. The van der Waals surface area contributed by atoms with Gasteiger partial charge in [0.15, 0.2) is 5.03 Å². The number of aromatic nitrogens is 2. The molecule has 1 aromatic heterocycles. The zero-order valence-corrected chi connectivity index (χ0v) is 9.50. The highest BCUT2D eigenvalue weighted by Crippen LogP contribution is 2.13. The predicted octanol–water partition coefficient (Wildman–Crippen LogP) is -0.294. The number of aliphatic hydroxyl groups excluding tert-OH is 1. The molecule has 0 radical (unpaired) electrons. The van der Waals surface area contributed by atoms with Crippen molar-refractivity contribution in [3.8, 4) is 0 Å². The van der Waals surface area contributed by atoms with E-state index >= 15 is 0 Å². The van der Waals surface area contributed by atoms with Gasteiger partial charge >= 0.3 is 0 Å². The Morgan fingerprint density at radius 1 is 1.60 bits per heavy atom. The molecule has 0 unspecified atom stereocenters. The van der Waals surface area contributed by atoms with E-state index in [1.54, 1.807) is 13.8 Å². The molecule has 86 valence electrons. The molecule has 3 N–H and O–H groups in total. The molecule has 0 amide bonds. The summed E-state index contributed by atoms with van der Waals surface area (Å²) in [4.78, 5) is 6.14. The second-order valence-corrected chi connectivity index (χ2v) is 5.80. The topological polar surface area (TPSA) is 95.1 Å². The summed E-state index contributed by atoms with van der Waals surface area (Å²) in [7, 11) is -3.54. The fourth-order valence-electron chi connectivity index (χ4n) is 0.814. The fraction of sp³-hybridized carbons (Fsp3) is 0.625. The summed E-state index contributed by atoms with van der Waals surface area (Å²) in [5, 5.41) is 8.99. The van der Waals surface area contributed by atoms with Crippen LogP contribution in [0.4, 0.5) is 0 Å². The summed E-state index contributed by atoms with van der Waals surface area (Å²) in [6.07, 6.45) is 2.53. The number of H-pyrrole nitrogens is 1. The average molecular weight is 233 g/mol. The van der Waals surface area contributed by atoms with E-state index in [1.807, 2.05) is 0 Å². The van der Waals surface area contributed by atoms with Crippen LogP contribution in [0.25, 0.3) is 0 Å². The summed E-state index contributed by atoms with van der Waals surface area (Å²) in [6, 6.07) is 0. The lowest BCUT2D eigenvalue weighted by Gasteiger charge is -2.21. The van der Waals surface area contributed by atoms with Crippen LogP contribution in [0.2, 0.25) is 0 Å². The second kappa shape index (κ2) is 4.30.